The van der Waals surface area contributed by atoms with Gasteiger partial charge < -0.3 is 15.0 Å². The molecule has 0 spiro atoms. The Balaban J connectivity index is 0.00000243. The molecular formula is C20H32ClN3O2. The zero-order valence-corrected chi connectivity index (χ0v) is 16.8. The molecule has 1 unspecified atom stereocenters. The number of ether oxygens (including phenoxy) is 1. The van der Waals surface area contributed by atoms with Gasteiger partial charge in [0.15, 0.2) is 0 Å². The highest BCUT2D eigenvalue weighted by atomic mass is 35.5. The maximum Gasteiger partial charge on any atom is 0.236 e. The van der Waals surface area contributed by atoms with Gasteiger partial charge in [0.1, 0.15) is 5.75 Å². The van der Waals surface area contributed by atoms with Gasteiger partial charge in [-0.25, -0.2) is 0 Å². The van der Waals surface area contributed by atoms with Gasteiger partial charge in [-0.15, -0.1) is 12.4 Å². The van der Waals surface area contributed by atoms with E-state index in [1.165, 1.54) is 19.3 Å². The molecule has 1 aliphatic carbocycles. The lowest BCUT2D eigenvalue weighted by Crippen LogP contribution is -2.51. The molecule has 1 N–H and O–H groups in total. The Morgan fingerprint density at radius 2 is 2.00 bits per heavy atom. The van der Waals surface area contributed by atoms with Gasteiger partial charge in [-0.05, 0) is 18.9 Å². The van der Waals surface area contributed by atoms with Crippen LogP contribution in [0.3, 0.4) is 0 Å². The second-order valence-electron chi connectivity index (χ2n) is 7.23. The van der Waals surface area contributed by atoms with Crippen LogP contribution >= 0.6 is 12.4 Å². The average molecular weight is 382 g/mol. The molecular weight excluding hydrogens is 350 g/mol. The normalized spacial score (nSPS) is 21.7. The summed E-state index contributed by atoms with van der Waals surface area (Å²) >= 11 is 0. The Hall–Kier alpha value is -1.30. The minimum Gasteiger partial charge on any atom is -0.496 e. The van der Waals surface area contributed by atoms with E-state index in [-0.39, 0.29) is 24.4 Å². The van der Waals surface area contributed by atoms with Crippen LogP contribution in [0.4, 0.5) is 0 Å². The number of carbonyl (C=O) groups excluding carboxylic acids is 1. The van der Waals surface area contributed by atoms with E-state index < -0.39 is 0 Å². The molecule has 1 saturated carbocycles. The number of hydrogen-bond acceptors (Lipinski definition) is 4. The van der Waals surface area contributed by atoms with E-state index in [1.807, 2.05) is 30.1 Å². The number of rotatable bonds is 5. The first-order valence-corrected chi connectivity index (χ1v) is 9.54. The van der Waals surface area contributed by atoms with Gasteiger partial charge in [-0.1, -0.05) is 37.5 Å². The van der Waals surface area contributed by atoms with Crippen LogP contribution in [0.1, 0.15) is 43.7 Å². The van der Waals surface area contributed by atoms with Gasteiger partial charge in [-0.3, -0.25) is 9.69 Å². The van der Waals surface area contributed by atoms with Crippen molar-refractivity contribution in [2.45, 2.75) is 44.2 Å². The van der Waals surface area contributed by atoms with Crippen LogP contribution in [0.5, 0.6) is 5.75 Å². The number of amides is 1. The minimum atomic E-state index is 0. The molecule has 26 heavy (non-hydrogen) atoms. The van der Waals surface area contributed by atoms with E-state index in [2.05, 4.69) is 16.3 Å². The molecule has 0 bridgehead atoms. The Labute approximate surface area is 163 Å². The Kier molecular flexibility index (Phi) is 8.19. The summed E-state index contributed by atoms with van der Waals surface area (Å²) in [7, 11) is 3.69. The molecule has 1 amide bonds. The topological polar surface area (TPSA) is 44.8 Å². The van der Waals surface area contributed by atoms with Crippen molar-refractivity contribution in [3.8, 4) is 5.75 Å². The fourth-order valence-corrected chi connectivity index (χ4v) is 4.14. The number of carbonyl (C=O) groups is 1. The fraction of sp³-hybridized carbons (Fsp3) is 0.650. The summed E-state index contributed by atoms with van der Waals surface area (Å²) < 4.78 is 5.54. The monoisotopic (exact) mass is 381 g/mol. The Bertz CT molecular complexity index is 578. The second-order valence-corrected chi connectivity index (χ2v) is 7.23. The van der Waals surface area contributed by atoms with Crippen molar-refractivity contribution in [3.63, 3.8) is 0 Å². The molecule has 5 nitrogen and oxygen atoms in total. The molecule has 6 heteroatoms. The molecule has 1 aromatic carbocycles. The maximum atomic E-state index is 12.9. The SMILES string of the molecule is COc1ccccc1C1CNCCN1CC(=O)N(C)C1CCCCC1.Cl. The molecule has 0 aromatic heterocycles. The number of piperazine rings is 1. The van der Waals surface area contributed by atoms with Gasteiger partial charge >= 0.3 is 0 Å². The largest absolute Gasteiger partial charge is 0.496 e. The van der Waals surface area contributed by atoms with E-state index in [0.29, 0.717) is 12.6 Å². The van der Waals surface area contributed by atoms with Crippen LogP contribution in [0.2, 0.25) is 0 Å². The minimum absolute atomic E-state index is 0. The number of nitrogens with zero attached hydrogens (tertiary/aromatic N) is 2. The number of halogens is 1. The van der Waals surface area contributed by atoms with Crippen molar-refractivity contribution in [1.82, 2.24) is 15.1 Å². The third kappa shape index (κ3) is 4.90. The number of hydrogen-bond donors (Lipinski definition) is 1. The highest BCUT2D eigenvalue weighted by molar-refractivity contribution is 5.85. The van der Waals surface area contributed by atoms with Crippen molar-refractivity contribution in [2.24, 2.45) is 0 Å². The van der Waals surface area contributed by atoms with Crippen LogP contribution in [-0.2, 0) is 4.79 Å². The van der Waals surface area contributed by atoms with Gasteiger partial charge in [0.25, 0.3) is 0 Å². The van der Waals surface area contributed by atoms with Crippen molar-refractivity contribution in [2.75, 3.05) is 40.3 Å². The standard InChI is InChI=1S/C20H31N3O2.ClH/c1-22(16-8-4-3-5-9-16)20(24)15-23-13-12-21-14-18(23)17-10-6-7-11-19(17)25-2;/h6-7,10-11,16,18,21H,3-5,8-9,12-15H2,1-2H3;1H. The van der Waals surface area contributed by atoms with Crippen molar-refractivity contribution < 1.29 is 9.53 Å². The van der Waals surface area contributed by atoms with Crippen LogP contribution in [0, 0.1) is 0 Å². The highest BCUT2D eigenvalue weighted by Crippen LogP contribution is 2.30. The molecule has 3 rings (SSSR count). The summed E-state index contributed by atoms with van der Waals surface area (Å²) in [6.45, 7) is 3.14. The lowest BCUT2D eigenvalue weighted by Gasteiger charge is -2.38. The van der Waals surface area contributed by atoms with Crippen LogP contribution in [0.15, 0.2) is 24.3 Å². The lowest BCUT2D eigenvalue weighted by atomic mass is 9.94. The zero-order valence-electron chi connectivity index (χ0n) is 15.9. The predicted octanol–water partition coefficient (Wildman–Crippen LogP) is 2.85. The van der Waals surface area contributed by atoms with Crippen LogP contribution in [0.25, 0.3) is 0 Å². The molecule has 2 fully saturated rings. The zero-order chi connectivity index (χ0) is 17.6. The molecule has 0 radical (unpaired) electrons. The third-order valence-electron chi connectivity index (χ3n) is 5.71. The van der Waals surface area contributed by atoms with Crippen molar-refractivity contribution in [3.05, 3.63) is 29.8 Å². The number of nitrogens with one attached hydrogen (secondary N) is 1. The Morgan fingerprint density at radius 3 is 2.73 bits per heavy atom. The highest BCUT2D eigenvalue weighted by Gasteiger charge is 2.30. The average Bonchev–Trinajstić information content (AvgIpc) is 2.68. The first-order chi connectivity index (χ1) is 12.2. The number of likely N-dealkylation sites (N-methyl/N-ethyl adjacent to an activating group) is 1. The van der Waals surface area contributed by atoms with Crippen molar-refractivity contribution >= 4 is 18.3 Å². The smallest absolute Gasteiger partial charge is 0.236 e. The molecule has 2 aliphatic rings. The Morgan fingerprint density at radius 1 is 1.27 bits per heavy atom. The fourth-order valence-electron chi connectivity index (χ4n) is 4.14. The van der Waals surface area contributed by atoms with E-state index in [1.54, 1.807) is 7.11 Å². The second kappa shape index (κ2) is 10.1. The van der Waals surface area contributed by atoms with E-state index in [0.717, 1.165) is 43.8 Å². The summed E-state index contributed by atoms with van der Waals surface area (Å²) in [5.74, 6) is 1.14. The lowest BCUT2D eigenvalue weighted by molar-refractivity contribution is -0.134. The third-order valence-corrected chi connectivity index (χ3v) is 5.71. The van der Waals surface area contributed by atoms with Crippen LogP contribution in [-0.4, -0.2) is 62.1 Å². The molecule has 1 aromatic rings. The van der Waals surface area contributed by atoms with E-state index in [9.17, 15) is 4.79 Å². The van der Waals surface area contributed by atoms with Gasteiger partial charge in [0.2, 0.25) is 5.91 Å². The van der Waals surface area contributed by atoms with E-state index in [4.69, 9.17) is 4.74 Å². The van der Waals surface area contributed by atoms with E-state index >= 15 is 0 Å². The molecule has 1 saturated heterocycles. The summed E-state index contributed by atoms with van der Waals surface area (Å²) in [6.07, 6.45) is 6.12. The molecule has 1 heterocycles. The van der Waals surface area contributed by atoms with Gasteiger partial charge in [0, 0.05) is 38.3 Å². The number of para-hydroxylation sites is 1. The summed E-state index contributed by atoms with van der Waals surface area (Å²) in [5, 5.41) is 3.46. The maximum absolute atomic E-state index is 12.9. The number of methoxy groups -OCH3 is 1. The quantitative estimate of drug-likeness (QED) is 0.851. The van der Waals surface area contributed by atoms with Gasteiger partial charge in [0.05, 0.1) is 19.7 Å². The predicted molar refractivity (Wildman–Crippen MR) is 107 cm³/mol. The van der Waals surface area contributed by atoms with Crippen LogP contribution < -0.4 is 10.1 Å². The van der Waals surface area contributed by atoms with Crippen molar-refractivity contribution in [1.29, 1.82) is 0 Å². The molecule has 1 atom stereocenters. The molecule has 146 valence electrons. The summed E-state index contributed by atoms with van der Waals surface area (Å²) in [4.78, 5) is 17.2. The first-order valence-electron chi connectivity index (χ1n) is 9.54. The first kappa shape index (κ1) is 21.0. The van der Waals surface area contributed by atoms with Gasteiger partial charge in [-0.2, -0.15) is 0 Å². The number of benzene rings is 1. The molecule has 1 aliphatic heterocycles. The summed E-state index contributed by atoms with van der Waals surface area (Å²) in [5.41, 5.74) is 1.16. The summed E-state index contributed by atoms with van der Waals surface area (Å²) in [6, 6.07) is 8.74.